The normalized spacial score (nSPS) is 10.5. The lowest BCUT2D eigenvalue weighted by Gasteiger charge is -2.15. The first-order valence-electron chi connectivity index (χ1n) is 8.40. The molecule has 0 unspecified atom stereocenters. The lowest BCUT2D eigenvalue weighted by Crippen LogP contribution is -2.22. The molecule has 2 amide bonds. The van der Waals surface area contributed by atoms with E-state index in [0.29, 0.717) is 23.7 Å². The van der Waals surface area contributed by atoms with Crippen molar-refractivity contribution in [3.05, 3.63) is 54.1 Å². The summed E-state index contributed by atoms with van der Waals surface area (Å²) in [7, 11) is 1.54. The maximum Gasteiger partial charge on any atom is 0.250 e. The van der Waals surface area contributed by atoms with Crippen molar-refractivity contribution < 1.29 is 19.1 Å². The molecule has 6 nitrogen and oxygen atoms in total. The average Bonchev–Trinajstić information content (AvgIpc) is 2.63. The number of rotatable bonds is 8. The van der Waals surface area contributed by atoms with Crippen LogP contribution in [0.15, 0.2) is 48.5 Å². The zero-order chi connectivity index (χ0) is 18.9. The van der Waals surface area contributed by atoms with E-state index in [-0.39, 0.29) is 24.3 Å². The number of hydrogen-bond donors (Lipinski definition) is 2. The summed E-state index contributed by atoms with van der Waals surface area (Å²) in [5, 5.41) is 5.56. The molecule has 0 heterocycles. The van der Waals surface area contributed by atoms with Crippen molar-refractivity contribution in [2.24, 2.45) is 5.92 Å². The minimum absolute atomic E-state index is 0.0848. The Morgan fingerprint density at radius 1 is 1.00 bits per heavy atom. The molecule has 2 aromatic rings. The molecule has 0 saturated heterocycles. The summed E-state index contributed by atoms with van der Waals surface area (Å²) in [6, 6.07) is 14.7. The summed E-state index contributed by atoms with van der Waals surface area (Å²) in [5.41, 5.74) is 1.97. The maximum atomic E-state index is 12.1. The van der Waals surface area contributed by atoms with Gasteiger partial charge in [-0.15, -0.1) is 0 Å². The molecule has 0 aliphatic rings. The second-order valence-corrected chi connectivity index (χ2v) is 6.08. The van der Waals surface area contributed by atoms with E-state index in [4.69, 9.17) is 9.47 Å². The van der Waals surface area contributed by atoms with Gasteiger partial charge in [0, 0.05) is 12.0 Å². The second kappa shape index (κ2) is 9.58. The van der Waals surface area contributed by atoms with Gasteiger partial charge in [0.1, 0.15) is 12.4 Å². The largest absolute Gasteiger partial charge is 0.497 e. The quantitative estimate of drug-likeness (QED) is 0.760. The van der Waals surface area contributed by atoms with Gasteiger partial charge in [0.25, 0.3) is 0 Å². The third-order valence-corrected chi connectivity index (χ3v) is 3.63. The Kier molecular flexibility index (Phi) is 7.17. The van der Waals surface area contributed by atoms with E-state index >= 15 is 0 Å². The van der Waals surface area contributed by atoms with Crippen LogP contribution in [0.3, 0.4) is 0 Å². The Hall–Kier alpha value is -2.86. The molecule has 0 atom stereocenters. The fourth-order valence-electron chi connectivity index (χ4n) is 2.16. The third-order valence-electron chi connectivity index (χ3n) is 3.63. The van der Waals surface area contributed by atoms with Crippen LogP contribution in [0.1, 0.15) is 19.4 Å². The third kappa shape index (κ3) is 5.89. The van der Waals surface area contributed by atoms with Crippen LogP contribution in [0.25, 0.3) is 0 Å². The van der Waals surface area contributed by atoms with Gasteiger partial charge in [-0.2, -0.15) is 0 Å². The molecule has 26 heavy (non-hydrogen) atoms. The number of ether oxygens (including phenoxy) is 2. The summed E-state index contributed by atoms with van der Waals surface area (Å²) in [6.07, 6.45) is 0. The molecule has 0 aliphatic carbocycles. The molecule has 0 aliphatic heterocycles. The molecule has 2 rings (SSSR count). The van der Waals surface area contributed by atoms with Crippen molar-refractivity contribution in [3.8, 4) is 5.75 Å². The van der Waals surface area contributed by atoms with Crippen molar-refractivity contribution in [2.75, 3.05) is 24.4 Å². The zero-order valence-corrected chi connectivity index (χ0v) is 15.2. The van der Waals surface area contributed by atoms with Crippen LogP contribution >= 0.6 is 0 Å². The smallest absolute Gasteiger partial charge is 0.250 e. The SMILES string of the molecule is COc1ccc(NC(=O)COCc2ccccc2)c(NC(=O)C(C)C)c1. The van der Waals surface area contributed by atoms with Crippen molar-refractivity contribution in [1.29, 1.82) is 0 Å². The van der Waals surface area contributed by atoms with Crippen LogP contribution in [0.5, 0.6) is 5.75 Å². The highest BCUT2D eigenvalue weighted by atomic mass is 16.5. The maximum absolute atomic E-state index is 12.1. The standard InChI is InChI=1S/C20H24N2O4/c1-14(2)20(24)22-18-11-16(25-3)9-10-17(18)21-19(23)13-26-12-15-7-5-4-6-8-15/h4-11,14H,12-13H2,1-3H3,(H,21,23)(H,22,24). The molecule has 0 saturated carbocycles. The van der Waals surface area contributed by atoms with Crippen LogP contribution in [0.2, 0.25) is 0 Å². The van der Waals surface area contributed by atoms with E-state index in [0.717, 1.165) is 5.56 Å². The summed E-state index contributed by atoms with van der Waals surface area (Å²) in [4.78, 5) is 24.1. The highest BCUT2D eigenvalue weighted by Crippen LogP contribution is 2.27. The number of carbonyl (C=O) groups is 2. The van der Waals surface area contributed by atoms with Gasteiger partial charge >= 0.3 is 0 Å². The Bertz CT molecular complexity index is 745. The molecule has 0 bridgehead atoms. The number of benzene rings is 2. The van der Waals surface area contributed by atoms with Crippen LogP contribution in [-0.4, -0.2) is 25.5 Å². The Labute approximate surface area is 153 Å². The fourth-order valence-corrected chi connectivity index (χ4v) is 2.16. The van der Waals surface area contributed by atoms with E-state index in [2.05, 4.69) is 10.6 Å². The van der Waals surface area contributed by atoms with Gasteiger partial charge in [-0.1, -0.05) is 44.2 Å². The van der Waals surface area contributed by atoms with E-state index in [9.17, 15) is 9.59 Å². The highest BCUT2D eigenvalue weighted by molar-refractivity contribution is 6.00. The van der Waals surface area contributed by atoms with Crippen molar-refractivity contribution in [2.45, 2.75) is 20.5 Å². The van der Waals surface area contributed by atoms with Crippen molar-refractivity contribution >= 4 is 23.2 Å². The van der Waals surface area contributed by atoms with Gasteiger partial charge in [-0.05, 0) is 17.7 Å². The second-order valence-electron chi connectivity index (χ2n) is 6.08. The first kappa shape index (κ1) is 19.5. The summed E-state index contributed by atoms with van der Waals surface area (Å²) in [5.74, 6) is -0.0402. The van der Waals surface area contributed by atoms with Gasteiger partial charge in [-0.25, -0.2) is 0 Å². The van der Waals surface area contributed by atoms with Crippen LogP contribution in [0, 0.1) is 5.92 Å². The number of amides is 2. The minimum Gasteiger partial charge on any atom is -0.497 e. The Balaban J connectivity index is 1.98. The molecule has 0 spiro atoms. The van der Waals surface area contributed by atoms with E-state index in [1.54, 1.807) is 39.2 Å². The fraction of sp³-hybridized carbons (Fsp3) is 0.300. The first-order chi connectivity index (χ1) is 12.5. The Morgan fingerprint density at radius 3 is 2.38 bits per heavy atom. The molecule has 0 radical (unpaired) electrons. The topological polar surface area (TPSA) is 76.7 Å². The summed E-state index contributed by atoms with van der Waals surface area (Å²) < 4.78 is 10.6. The lowest BCUT2D eigenvalue weighted by atomic mass is 10.2. The molecule has 0 aromatic heterocycles. The first-order valence-corrected chi connectivity index (χ1v) is 8.40. The van der Waals surface area contributed by atoms with Gasteiger partial charge in [0.2, 0.25) is 11.8 Å². The number of nitrogens with one attached hydrogen (secondary N) is 2. The van der Waals surface area contributed by atoms with Crippen LogP contribution < -0.4 is 15.4 Å². The number of anilines is 2. The highest BCUT2D eigenvalue weighted by Gasteiger charge is 2.13. The summed E-state index contributed by atoms with van der Waals surface area (Å²) in [6.45, 7) is 3.86. The number of methoxy groups -OCH3 is 1. The predicted molar refractivity (Wildman–Crippen MR) is 101 cm³/mol. The van der Waals surface area contributed by atoms with Gasteiger partial charge in [0.05, 0.1) is 25.1 Å². The predicted octanol–water partition coefficient (Wildman–Crippen LogP) is 3.45. The zero-order valence-electron chi connectivity index (χ0n) is 15.2. The number of carbonyl (C=O) groups excluding carboxylic acids is 2. The van der Waals surface area contributed by atoms with E-state index in [1.807, 2.05) is 30.3 Å². The molecule has 2 N–H and O–H groups in total. The lowest BCUT2D eigenvalue weighted by molar-refractivity contribution is -0.121. The molecule has 138 valence electrons. The molecule has 6 heteroatoms. The van der Waals surface area contributed by atoms with Crippen LogP contribution in [0.4, 0.5) is 11.4 Å². The number of hydrogen-bond acceptors (Lipinski definition) is 4. The average molecular weight is 356 g/mol. The van der Waals surface area contributed by atoms with Gasteiger partial charge in [-0.3, -0.25) is 9.59 Å². The molecule has 2 aromatic carbocycles. The summed E-state index contributed by atoms with van der Waals surface area (Å²) >= 11 is 0. The molecular formula is C20H24N2O4. The van der Waals surface area contributed by atoms with Crippen LogP contribution in [-0.2, 0) is 20.9 Å². The van der Waals surface area contributed by atoms with E-state index < -0.39 is 0 Å². The monoisotopic (exact) mass is 356 g/mol. The molecular weight excluding hydrogens is 332 g/mol. The Morgan fingerprint density at radius 2 is 1.73 bits per heavy atom. The van der Waals surface area contributed by atoms with E-state index in [1.165, 1.54) is 0 Å². The van der Waals surface area contributed by atoms with Crippen molar-refractivity contribution in [3.63, 3.8) is 0 Å². The minimum atomic E-state index is -0.300. The van der Waals surface area contributed by atoms with Gasteiger partial charge < -0.3 is 20.1 Å². The van der Waals surface area contributed by atoms with Crippen molar-refractivity contribution in [1.82, 2.24) is 0 Å². The molecule has 0 fully saturated rings. The van der Waals surface area contributed by atoms with Gasteiger partial charge in [0.15, 0.2) is 0 Å².